The molecular weight excluding hydrogens is 272 g/mol. The van der Waals surface area contributed by atoms with Gasteiger partial charge in [0.2, 0.25) is 0 Å². The Bertz CT molecular complexity index is 414. The summed E-state index contributed by atoms with van der Waals surface area (Å²) in [4.78, 5) is 15.2. The van der Waals surface area contributed by atoms with Crippen molar-refractivity contribution in [2.24, 2.45) is 4.99 Å². The molecule has 19 heavy (non-hydrogen) atoms. The number of carbonyl (C=O) groups excluding carboxylic acids is 1. The molecule has 7 nitrogen and oxygen atoms in total. The van der Waals surface area contributed by atoms with Crippen LogP contribution in [0.3, 0.4) is 0 Å². The van der Waals surface area contributed by atoms with Crippen LogP contribution in [0.5, 0.6) is 0 Å². The fourth-order valence-electron chi connectivity index (χ4n) is 1.91. The van der Waals surface area contributed by atoms with Gasteiger partial charge >= 0.3 is 5.97 Å². The standard InChI is InChI=1S/C11H16N2O5S/c1-12-11-13-7-9(16)8(15)5(18-10(7)19-11)3-4-6(14)17-2/h3-5,7-10,15-16H,1-2H3,(H,12,13)/b4-3+/t5-,7-,8-,9-,10-/m1/s1. The summed E-state index contributed by atoms with van der Waals surface area (Å²) >= 11 is 1.34. The Morgan fingerprint density at radius 3 is 2.89 bits per heavy atom. The van der Waals surface area contributed by atoms with Gasteiger partial charge in [0.25, 0.3) is 0 Å². The highest BCUT2D eigenvalue weighted by atomic mass is 32.2. The molecule has 0 spiro atoms. The summed E-state index contributed by atoms with van der Waals surface area (Å²) < 4.78 is 10.1. The minimum Gasteiger partial charge on any atom is -0.466 e. The van der Waals surface area contributed by atoms with Crippen LogP contribution >= 0.6 is 11.8 Å². The van der Waals surface area contributed by atoms with E-state index in [2.05, 4.69) is 15.0 Å². The van der Waals surface area contributed by atoms with Gasteiger partial charge in [-0.15, -0.1) is 0 Å². The van der Waals surface area contributed by atoms with Crippen molar-refractivity contribution in [3.05, 3.63) is 12.2 Å². The Hall–Kier alpha value is -1.09. The van der Waals surface area contributed by atoms with Gasteiger partial charge in [0.1, 0.15) is 29.8 Å². The van der Waals surface area contributed by atoms with E-state index in [9.17, 15) is 15.0 Å². The van der Waals surface area contributed by atoms with Crippen molar-refractivity contribution in [3.8, 4) is 0 Å². The molecule has 0 saturated carbocycles. The first kappa shape index (κ1) is 14.3. The molecule has 8 heteroatoms. The van der Waals surface area contributed by atoms with E-state index in [1.807, 2.05) is 0 Å². The molecule has 0 unspecified atom stereocenters. The summed E-state index contributed by atoms with van der Waals surface area (Å²) in [5.74, 6) is -0.543. The van der Waals surface area contributed by atoms with Crippen LogP contribution < -0.4 is 5.32 Å². The van der Waals surface area contributed by atoms with Gasteiger partial charge in [-0.25, -0.2) is 4.79 Å². The number of aliphatic hydroxyl groups excluding tert-OH is 2. The van der Waals surface area contributed by atoms with E-state index in [1.54, 1.807) is 7.05 Å². The number of nitrogens with zero attached hydrogens (tertiary/aromatic N) is 1. The highest BCUT2D eigenvalue weighted by Gasteiger charge is 2.47. The number of aliphatic hydroxyl groups is 2. The van der Waals surface area contributed by atoms with Gasteiger partial charge in [-0.1, -0.05) is 11.8 Å². The van der Waals surface area contributed by atoms with E-state index in [0.29, 0.717) is 5.17 Å². The first-order valence-corrected chi connectivity index (χ1v) is 6.64. The van der Waals surface area contributed by atoms with Gasteiger partial charge in [0.15, 0.2) is 5.17 Å². The smallest absolute Gasteiger partial charge is 0.330 e. The van der Waals surface area contributed by atoms with Gasteiger partial charge in [-0.05, 0) is 6.08 Å². The van der Waals surface area contributed by atoms with Gasteiger partial charge in [0, 0.05) is 13.1 Å². The fraction of sp³-hybridized carbons (Fsp3) is 0.636. The molecule has 2 aliphatic heterocycles. The van der Waals surface area contributed by atoms with Crippen molar-refractivity contribution in [2.75, 3.05) is 14.2 Å². The molecule has 2 aliphatic rings. The molecule has 0 aromatic heterocycles. The van der Waals surface area contributed by atoms with Crippen molar-refractivity contribution in [3.63, 3.8) is 0 Å². The maximum Gasteiger partial charge on any atom is 0.330 e. The maximum atomic E-state index is 11.0. The second-order valence-electron chi connectivity index (χ2n) is 4.13. The second kappa shape index (κ2) is 5.91. The van der Waals surface area contributed by atoms with Crippen LogP contribution in [0.25, 0.3) is 0 Å². The lowest BCUT2D eigenvalue weighted by Crippen LogP contribution is -2.54. The Morgan fingerprint density at radius 1 is 1.53 bits per heavy atom. The molecule has 1 saturated heterocycles. The Morgan fingerprint density at radius 2 is 2.26 bits per heavy atom. The molecule has 1 fully saturated rings. The largest absolute Gasteiger partial charge is 0.466 e. The molecule has 2 heterocycles. The zero-order valence-electron chi connectivity index (χ0n) is 10.5. The molecule has 3 N–H and O–H groups in total. The third-order valence-electron chi connectivity index (χ3n) is 2.94. The number of esters is 1. The number of rotatable bonds is 2. The lowest BCUT2D eigenvalue weighted by molar-refractivity contribution is -0.138. The number of aliphatic imine (C=N–C) groups is 1. The molecular formula is C11H16N2O5S. The molecule has 0 radical (unpaired) electrons. The SMILES string of the molecule is CNC1=N[C@@H]2[C@@H](O)[C@H](O)[C@@H](/C=C/C(=O)OC)O[C@@H]2S1. The van der Waals surface area contributed by atoms with E-state index in [-0.39, 0.29) is 5.44 Å². The first-order valence-electron chi connectivity index (χ1n) is 5.76. The molecule has 0 aliphatic carbocycles. The molecule has 0 amide bonds. The molecule has 0 aromatic rings. The highest BCUT2D eigenvalue weighted by Crippen LogP contribution is 2.35. The Kier molecular flexibility index (Phi) is 4.46. The molecule has 106 valence electrons. The quantitative estimate of drug-likeness (QED) is 0.436. The number of amidine groups is 1. The third kappa shape index (κ3) is 2.92. The molecule has 0 aromatic carbocycles. The average Bonchev–Trinajstić information content (AvgIpc) is 2.84. The van der Waals surface area contributed by atoms with Crippen LogP contribution in [0, 0.1) is 0 Å². The number of nitrogens with one attached hydrogen (secondary N) is 1. The summed E-state index contributed by atoms with van der Waals surface area (Å²) in [7, 11) is 2.98. The van der Waals surface area contributed by atoms with Crippen molar-refractivity contribution >= 4 is 22.9 Å². The number of hydrogen-bond donors (Lipinski definition) is 3. The van der Waals surface area contributed by atoms with E-state index >= 15 is 0 Å². The molecule has 0 bridgehead atoms. The van der Waals surface area contributed by atoms with Gasteiger partial charge < -0.3 is 25.0 Å². The Labute approximate surface area is 114 Å². The van der Waals surface area contributed by atoms with E-state index in [0.717, 1.165) is 0 Å². The second-order valence-corrected chi connectivity index (χ2v) is 5.21. The van der Waals surface area contributed by atoms with Gasteiger partial charge in [-0.3, -0.25) is 4.99 Å². The summed E-state index contributed by atoms with van der Waals surface area (Å²) in [5, 5.41) is 23.5. The zero-order valence-corrected chi connectivity index (χ0v) is 11.3. The van der Waals surface area contributed by atoms with Crippen molar-refractivity contribution < 1.29 is 24.5 Å². The van der Waals surface area contributed by atoms with Crippen LogP contribution in [-0.4, -0.2) is 65.3 Å². The molecule has 2 rings (SSSR count). The monoisotopic (exact) mass is 288 g/mol. The third-order valence-corrected chi connectivity index (χ3v) is 4.09. The lowest BCUT2D eigenvalue weighted by Gasteiger charge is -2.36. The summed E-state index contributed by atoms with van der Waals surface area (Å²) in [6.45, 7) is 0. The summed E-state index contributed by atoms with van der Waals surface area (Å²) in [6.07, 6.45) is -0.393. The predicted octanol–water partition coefficient (Wildman–Crippen LogP) is -1.15. The van der Waals surface area contributed by atoms with Crippen LogP contribution in [0.1, 0.15) is 0 Å². The van der Waals surface area contributed by atoms with E-state index in [1.165, 1.54) is 31.0 Å². The lowest BCUT2D eigenvalue weighted by atomic mass is 9.98. The number of methoxy groups -OCH3 is 1. The minimum absolute atomic E-state index is 0.381. The number of ether oxygens (including phenoxy) is 2. The summed E-state index contributed by atoms with van der Waals surface area (Å²) in [6, 6.07) is -0.509. The maximum absolute atomic E-state index is 11.0. The van der Waals surface area contributed by atoms with Crippen LogP contribution in [0.2, 0.25) is 0 Å². The van der Waals surface area contributed by atoms with E-state index in [4.69, 9.17) is 4.74 Å². The summed E-state index contributed by atoms with van der Waals surface area (Å²) in [5.41, 5.74) is -0.381. The Balaban J connectivity index is 2.07. The predicted molar refractivity (Wildman–Crippen MR) is 69.7 cm³/mol. The number of carbonyl (C=O) groups is 1. The van der Waals surface area contributed by atoms with Gasteiger partial charge in [-0.2, -0.15) is 0 Å². The first-order chi connectivity index (χ1) is 9.06. The normalized spacial score (nSPS) is 37.9. The number of fused-ring (bicyclic) bond motifs is 1. The zero-order chi connectivity index (χ0) is 14.0. The topological polar surface area (TPSA) is 100 Å². The van der Waals surface area contributed by atoms with Gasteiger partial charge in [0.05, 0.1) is 7.11 Å². The number of thioether (sulfide) groups is 1. The number of hydrogen-bond acceptors (Lipinski definition) is 8. The average molecular weight is 288 g/mol. The van der Waals surface area contributed by atoms with Crippen molar-refractivity contribution in [2.45, 2.75) is 29.8 Å². The van der Waals surface area contributed by atoms with Crippen LogP contribution in [-0.2, 0) is 14.3 Å². The minimum atomic E-state index is -1.14. The highest BCUT2D eigenvalue weighted by molar-refractivity contribution is 8.14. The van der Waals surface area contributed by atoms with Crippen LogP contribution in [0.4, 0.5) is 0 Å². The fourth-order valence-corrected chi connectivity index (χ4v) is 2.97. The molecule has 5 atom stereocenters. The van der Waals surface area contributed by atoms with Crippen LogP contribution in [0.15, 0.2) is 17.1 Å². The van der Waals surface area contributed by atoms with Crippen molar-refractivity contribution in [1.82, 2.24) is 5.32 Å². The van der Waals surface area contributed by atoms with E-state index < -0.39 is 30.3 Å². The van der Waals surface area contributed by atoms with Crippen molar-refractivity contribution in [1.29, 1.82) is 0 Å².